The van der Waals surface area contributed by atoms with Crippen molar-refractivity contribution in [1.82, 2.24) is 10.1 Å². The first-order chi connectivity index (χ1) is 9.54. The van der Waals surface area contributed by atoms with Crippen molar-refractivity contribution in [3.63, 3.8) is 0 Å². The minimum Gasteiger partial charge on any atom is -0.340 e. The number of amides is 1. The summed E-state index contributed by atoms with van der Waals surface area (Å²) in [5.74, 6) is 1.94. The van der Waals surface area contributed by atoms with E-state index in [9.17, 15) is 4.79 Å². The molecule has 106 valence electrons. The Morgan fingerprint density at radius 2 is 2.25 bits per heavy atom. The van der Waals surface area contributed by atoms with Gasteiger partial charge in [0, 0.05) is 15.9 Å². The van der Waals surface area contributed by atoms with Crippen molar-refractivity contribution < 1.29 is 9.32 Å². The highest BCUT2D eigenvalue weighted by atomic mass is 79.9. The van der Waals surface area contributed by atoms with E-state index in [4.69, 9.17) is 4.52 Å². The summed E-state index contributed by atoms with van der Waals surface area (Å²) in [5.41, 5.74) is 0.745. The molecule has 1 heterocycles. The molecule has 1 aromatic carbocycles. The van der Waals surface area contributed by atoms with Crippen molar-refractivity contribution >= 4 is 55.2 Å². The highest BCUT2D eigenvalue weighted by molar-refractivity contribution is 9.11. The Bertz CT molecular complexity index is 618. The van der Waals surface area contributed by atoms with Gasteiger partial charge in [0.1, 0.15) is 0 Å². The lowest BCUT2D eigenvalue weighted by atomic mass is 10.3. The molecule has 0 fully saturated rings. The third kappa shape index (κ3) is 4.60. The van der Waals surface area contributed by atoms with Crippen LogP contribution >= 0.6 is 43.6 Å². The van der Waals surface area contributed by atoms with Crippen LogP contribution in [0.2, 0.25) is 0 Å². The molecule has 1 aromatic heterocycles. The van der Waals surface area contributed by atoms with Crippen molar-refractivity contribution in [3.8, 4) is 0 Å². The number of nitrogens with one attached hydrogen (secondary N) is 1. The highest BCUT2D eigenvalue weighted by Gasteiger charge is 2.08. The van der Waals surface area contributed by atoms with Gasteiger partial charge in [-0.25, -0.2) is 0 Å². The van der Waals surface area contributed by atoms with Crippen LogP contribution in [-0.4, -0.2) is 21.8 Å². The Kier molecular flexibility index (Phi) is 5.62. The van der Waals surface area contributed by atoms with Gasteiger partial charge in [-0.1, -0.05) is 21.1 Å². The highest BCUT2D eigenvalue weighted by Crippen LogP contribution is 2.26. The quantitative estimate of drug-likeness (QED) is 0.797. The Labute approximate surface area is 137 Å². The molecule has 1 N–H and O–H groups in total. The van der Waals surface area contributed by atoms with Gasteiger partial charge >= 0.3 is 0 Å². The number of rotatable bonds is 5. The maximum absolute atomic E-state index is 11.8. The van der Waals surface area contributed by atoms with E-state index in [2.05, 4.69) is 47.3 Å². The second kappa shape index (κ2) is 7.24. The minimum atomic E-state index is -0.0711. The number of halogens is 2. The zero-order valence-corrected chi connectivity index (χ0v) is 14.5. The van der Waals surface area contributed by atoms with Gasteiger partial charge in [0.05, 0.1) is 17.2 Å². The maximum Gasteiger partial charge on any atom is 0.234 e. The van der Waals surface area contributed by atoms with Crippen molar-refractivity contribution in [1.29, 1.82) is 0 Å². The molecular formula is C12H11Br2N3O2S. The van der Waals surface area contributed by atoms with Crippen molar-refractivity contribution in [2.75, 3.05) is 11.1 Å². The van der Waals surface area contributed by atoms with Gasteiger partial charge in [0.2, 0.25) is 11.8 Å². The molecule has 0 spiro atoms. The number of hydrogen-bond donors (Lipinski definition) is 1. The molecule has 2 aromatic rings. The van der Waals surface area contributed by atoms with Crippen LogP contribution in [0.25, 0.3) is 0 Å². The fourth-order valence-corrected chi connectivity index (χ4v) is 3.22. The topological polar surface area (TPSA) is 68.0 Å². The first-order valence-corrected chi connectivity index (χ1v) is 8.40. The summed E-state index contributed by atoms with van der Waals surface area (Å²) in [4.78, 5) is 15.9. The molecule has 0 saturated heterocycles. The lowest BCUT2D eigenvalue weighted by molar-refractivity contribution is -0.113. The fourth-order valence-electron chi connectivity index (χ4n) is 1.41. The van der Waals surface area contributed by atoms with Crippen molar-refractivity contribution in [2.24, 2.45) is 0 Å². The number of carbonyl (C=O) groups is 1. The van der Waals surface area contributed by atoms with Gasteiger partial charge in [-0.2, -0.15) is 4.98 Å². The van der Waals surface area contributed by atoms with Gasteiger partial charge < -0.3 is 9.84 Å². The molecule has 0 aliphatic heterocycles. The van der Waals surface area contributed by atoms with Gasteiger partial charge in [-0.05, 0) is 34.1 Å². The van der Waals surface area contributed by atoms with Crippen LogP contribution in [0, 0.1) is 6.92 Å². The molecule has 0 saturated carbocycles. The van der Waals surface area contributed by atoms with Gasteiger partial charge in [0.15, 0.2) is 5.82 Å². The first-order valence-electron chi connectivity index (χ1n) is 5.66. The molecular weight excluding hydrogens is 410 g/mol. The zero-order chi connectivity index (χ0) is 14.5. The van der Waals surface area contributed by atoms with Crippen molar-refractivity contribution in [3.05, 3.63) is 38.9 Å². The van der Waals surface area contributed by atoms with E-state index in [1.54, 1.807) is 6.92 Å². The van der Waals surface area contributed by atoms with Gasteiger partial charge in [-0.3, -0.25) is 4.79 Å². The van der Waals surface area contributed by atoms with E-state index >= 15 is 0 Å². The summed E-state index contributed by atoms with van der Waals surface area (Å²) in [7, 11) is 0. The summed E-state index contributed by atoms with van der Waals surface area (Å²) >= 11 is 8.20. The van der Waals surface area contributed by atoms with Crippen molar-refractivity contribution in [2.45, 2.75) is 12.7 Å². The third-order valence-corrected chi connectivity index (χ3v) is 4.32. The maximum atomic E-state index is 11.8. The Balaban J connectivity index is 1.80. The largest absolute Gasteiger partial charge is 0.340 e. The lowest BCUT2D eigenvalue weighted by Crippen LogP contribution is -2.14. The number of aromatic nitrogens is 2. The Morgan fingerprint density at radius 1 is 1.45 bits per heavy atom. The number of hydrogen-bond acceptors (Lipinski definition) is 5. The van der Waals surface area contributed by atoms with Crippen LogP contribution in [0.1, 0.15) is 11.7 Å². The average Bonchev–Trinajstić information content (AvgIpc) is 2.79. The Hall–Kier alpha value is -0.860. The van der Waals surface area contributed by atoms with E-state index in [1.807, 2.05) is 18.2 Å². The van der Waals surface area contributed by atoms with E-state index in [0.717, 1.165) is 14.6 Å². The molecule has 0 bridgehead atoms. The molecule has 0 radical (unpaired) electrons. The summed E-state index contributed by atoms with van der Waals surface area (Å²) < 4.78 is 6.64. The number of thioether (sulfide) groups is 1. The molecule has 5 nitrogen and oxygen atoms in total. The number of carbonyl (C=O) groups excluding carboxylic acids is 1. The molecule has 0 aliphatic rings. The number of aryl methyl sites for hydroxylation is 1. The van der Waals surface area contributed by atoms with Crippen LogP contribution < -0.4 is 5.32 Å². The predicted molar refractivity (Wildman–Crippen MR) is 85.7 cm³/mol. The molecule has 0 unspecified atom stereocenters. The standard InChI is InChI=1S/C12H11Br2N3O2S/c1-7-15-11(17-19-7)5-20-6-12(18)16-10-3-2-8(13)4-9(10)14/h2-4H,5-6H2,1H3,(H,16,18). The zero-order valence-electron chi connectivity index (χ0n) is 10.5. The average molecular weight is 421 g/mol. The molecule has 1 amide bonds. The van der Waals surface area contributed by atoms with Crippen LogP contribution in [-0.2, 0) is 10.5 Å². The summed E-state index contributed by atoms with van der Waals surface area (Å²) in [6.45, 7) is 1.74. The molecule has 0 aliphatic carbocycles. The lowest BCUT2D eigenvalue weighted by Gasteiger charge is -2.07. The normalized spacial score (nSPS) is 10.6. The minimum absolute atomic E-state index is 0.0711. The van der Waals surface area contributed by atoms with Crippen LogP contribution in [0.15, 0.2) is 31.7 Å². The second-order valence-electron chi connectivity index (χ2n) is 3.89. The first kappa shape index (κ1) is 15.5. The molecule has 2 rings (SSSR count). The fraction of sp³-hybridized carbons (Fsp3) is 0.250. The van der Waals surface area contributed by atoms with Crippen LogP contribution in [0.3, 0.4) is 0 Å². The van der Waals surface area contributed by atoms with E-state index in [1.165, 1.54) is 11.8 Å². The van der Waals surface area contributed by atoms with Crippen LogP contribution in [0.4, 0.5) is 5.69 Å². The Morgan fingerprint density at radius 3 is 2.90 bits per heavy atom. The third-order valence-electron chi connectivity index (χ3n) is 2.24. The van der Waals surface area contributed by atoms with E-state index in [-0.39, 0.29) is 5.91 Å². The number of anilines is 1. The van der Waals surface area contributed by atoms with E-state index < -0.39 is 0 Å². The summed E-state index contributed by atoms with van der Waals surface area (Å²) in [6, 6.07) is 5.58. The van der Waals surface area contributed by atoms with Gasteiger partial charge in [-0.15, -0.1) is 11.8 Å². The molecule has 8 heteroatoms. The van der Waals surface area contributed by atoms with Gasteiger partial charge in [0.25, 0.3) is 0 Å². The SMILES string of the molecule is Cc1nc(CSCC(=O)Nc2ccc(Br)cc2Br)no1. The van der Waals surface area contributed by atoms with E-state index in [0.29, 0.717) is 23.2 Å². The molecule has 20 heavy (non-hydrogen) atoms. The summed E-state index contributed by atoms with van der Waals surface area (Å²) in [5, 5.41) is 6.61. The molecule has 0 atom stereocenters. The summed E-state index contributed by atoms with van der Waals surface area (Å²) in [6.07, 6.45) is 0. The smallest absolute Gasteiger partial charge is 0.234 e. The monoisotopic (exact) mass is 419 g/mol. The number of benzene rings is 1. The van der Waals surface area contributed by atoms with Crippen LogP contribution in [0.5, 0.6) is 0 Å². The second-order valence-corrected chi connectivity index (χ2v) is 6.65. The predicted octanol–water partition coefficient (Wildman–Crippen LogP) is 3.77. The number of nitrogens with zero attached hydrogens (tertiary/aromatic N) is 2.